The van der Waals surface area contributed by atoms with Gasteiger partial charge in [0.15, 0.2) is 0 Å². The minimum absolute atomic E-state index is 0.0296. The first kappa shape index (κ1) is 16.6. The largest absolute Gasteiger partial charge is 0.337 e. The van der Waals surface area contributed by atoms with Crippen LogP contribution in [0, 0.1) is 21.4 Å². The molecule has 7 heteroatoms. The molecule has 23 heavy (non-hydrogen) atoms. The number of hydrogen-bond acceptors (Lipinski definition) is 5. The number of hydrogen-bond donors (Lipinski definition) is 0. The van der Waals surface area contributed by atoms with Gasteiger partial charge in [-0.3, -0.25) is 19.8 Å². The highest BCUT2D eigenvalue weighted by molar-refractivity contribution is 5.91. The van der Waals surface area contributed by atoms with Crippen LogP contribution in [0.3, 0.4) is 0 Å². The van der Waals surface area contributed by atoms with E-state index in [0.29, 0.717) is 19.5 Å². The molecule has 1 aliphatic rings. The van der Waals surface area contributed by atoms with E-state index in [-0.39, 0.29) is 11.6 Å². The molecule has 1 amide bonds. The van der Waals surface area contributed by atoms with Crippen molar-refractivity contribution < 1.29 is 9.72 Å². The number of carbonyl (C=O) groups excluding carboxylic acids is 1. The monoisotopic (exact) mass is 314 g/mol. The highest BCUT2D eigenvalue weighted by Crippen LogP contribution is 2.13. The summed E-state index contributed by atoms with van der Waals surface area (Å²) in [5.41, 5.74) is 0.776. The molecule has 120 valence electrons. The molecule has 0 N–H and O–H groups in total. The predicted molar refractivity (Wildman–Crippen MR) is 85.4 cm³/mol. The van der Waals surface area contributed by atoms with Crippen LogP contribution in [-0.4, -0.2) is 53.4 Å². The van der Waals surface area contributed by atoms with Gasteiger partial charge in [0.25, 0.3) is 5.69 Å². The summed E-state index contributed by atoms with van der Waals surface area (Å²) >= 11 is 0. The molecular formula is C16H18N4O3. The van der Waals surface area contributed by atoms with E-state index in [4.69, 9.17) is 5.26 Å². The number of nitriles is 1. The lowest BCUT2D eigenvalue weighted by Gasteiger charge is -2.33. The van der Waals surface area contributed by atoms with E-state index >= 15 is 0 Å². The van der Waals surface area contributed by atoms with Crippen LogP contribution in [0.2, 0.25) is 0 Å². The standard InChI is InChI=1S/C16H18N4O3/c17-8-1-9-18-10-12-19(13-11-18)16(21)7-4-14-2-5-15(6-3-14)20(22)23/h2-7H,1,9-13H2/b7-4+. The number of piperazine rings is 1. The summed E-state index contributed by atoms with van der Waals surface area (Å²) in [6.45, 7) is 3.60. The molecule has 0 bridgehead atoms. The molecule has 1 fully saturated rings. The summed E-state index contributed by atoms with van der Waals surface area (Å²) in [6.07, 6.45) is 3.66. The van der Waals surface area contributed by atoms with Gasteiger partial charge in [-0.25, -0.2) is 0 Å². The molecule has 1 aromatic carbocycles. The third kappa shape index (κ3) is 4.90. The van der Waals surface area contributed by atoms with Crippen LogP contribution in [0.1, 0.15) is 12.0 Å². The van der Waals surface area contributed by atoms with Crippen molar-refractivity contribution >= 4 is 17.7 Å². The van der Waals surface area contributed by atoms with Gasteiger partial charge in [0.05, 0.1) is 11.0 Å². The molecule has 7 nitrogen and oxygen atoms in total. The Balaban J connectivity index is 1.85. The lowest BCUT2D eigenvalue weighted by atomic mass is 10.2. The quantitative estimate of drug-likeness (QED) is 0.468. The molecule has 1 aliphatic heterocycles. The molecule has 1 heterocycles. The Labute approximate surface area is 134 Å². The highest BCUT2D eigenvalue weighted by atomic mass is 16.6. The van der Waals surface area contributed by atoms with Crippen molar-refractivity contribution in [3.8, 4) is 6.07 Å². The first-order valence-electron chi connectivity index (χ1n) is 7.41. The zero-order valence-electron chi connectivity index (χ0n) is 12.7. The van der Waals surface area contributed by atoms with Gasteiger partial charge >= 0.3 is 0 Å². The number of amides is 1. The first-order chi connectivity index (χ1) is 11.1. The number of carbonyl (C=O) groups is 1. The van der Waals surface area contributed by atoms with Gasteiger partial charge in [0.2, 0.25) is 5.91 Å². The molecule has 1 aromatic rings. The zero-order chi connectivity index (χ0) is 16.7. The van der Waals surface area contributed by atoms with E-state index in [1.807, 2.05) is 0 Å². The van der Waals surface area contributed by atoms with Gasteiger partial charge in [-0.15, -0.1) is 0 Å². The molecule has 2 rings (SSSR count). The van der Waals surface area contributed by atoms with Crippen LogP contribution in [0.5, 0.6) is 0 Å². The van der Waals surface area contributed by atoms with E-state index in [9.17, 15) is 14.9 Å². The van der Waals surface area contributed by atoms with E-state index < -0.39 is 4.92 Å². The van der Waals surface area contributed by atoms with E-state index in [0.717, 1.165) is 25.2 Å². The summed E-state index contributed by atoms with van der Waals surface area (Å²) in [5.74, 6) is -0.0664. The predicted octanol–water partition coefficient (Wildman–Crippen LogP) is 1.67. The molecular weight excluding hydrogens is 296 g/mol. The lowest BCUT2D eigenvalue weighted by molar-refractivity contribution is -0.384. The van der Waals surface area contributed by atoms with Crippen molar-refractivity contribution in [3.63, 3.8) is 0 Å². The summed E-state index contributed by atoms with van der Waals surface area (Å²) in [7, 11) is 0. The third-order valence-electron chi connectivity index (χ3n) is 3.75. The van der Waals surface area contributed by atoms with Crippen LogP contribution in [-0.2, 0) is 4.79 Å². The van der Waals surface area contributed by atoms with Crippen LogP contribution in [0.25, 0.3) is 6.08 Å². The summed E-state index contributed by atoms with van der Waals surface area (Å²) in [5, 5.41) is 19.2. The third-order valence-corrected chi connectivity index (χ3v) is 3.75. The fourth-order valence-corrected chi connectivity index (χ4v) is 2.38. The Morgan fingerprint density at radius 2 is 1.91 bits per heavy atom. The smallest absolute Gasteiger partial charge is 0.269 e. The van der Waals surface area contributed by atoms with E-state index in [1.165, 1.54) is 18.2 Å². The average molecular weight is 314 g/mol. The summed E-state index contributed by atoms with van der Waals surface area (Å²) < 4.78 is 0. The molecule has 0 saturated carbocycles. The van der Waals surface area contributed by atoms with Crippen molar-refractivity contribution in [2.24, 2.45) is 0 Å². The van der Waals surface area contributed by atoms with Crippen molar-refractivity contribution in [2.45, 2.75) is 6.42 Å². The molecule has 0 aliphatic carbocycles. The number of nitro benzene ring substituents is 1. The Bertz CT molecular complexity index is 626. The second kappa shape index (κ2) is 8.06. The van der Waals surface area contributed by atoms with Crippen molar-refractivity contribution in [2.75, 3.05) is 32.7 Å². The molecule has 1 saturated heterocycles. The number of non-ortho nitro benzene ring substituents is 1. The topological polar surface area (TPSA) is 90.5 Å². The maximum atomic E-state index is 12.1. The minimum Gasteiger partial charge on any atom is -0.337 e. The molecule has 0 unspecified atom stereocenters. The average Bonchev–Trinajstić information content (AvgIpc) is 2.58. The SMILES string of the molecule is N#CCCN1CCN(C(=O)/C=C/c2ccc([N+](=O)[O-])cc2)CC1. The summed E-state index contributed by atoms with van der Waals surface area (Å²) in [4.78, 5) is 26.2. The van der Waals surface area contributed by atoms with Crippen molar-refractivity contribution in [1.82, 2.24) is 9.80 Å². The van der Waals surface area contributed by atoms with Gasteiger partial charge in [0, 0.05) is 57.4 Å². The first-order valence-corrected chi connectivity index (χ1v) is 7.41. The maximum Gasteiger partial charge on any atom is 0.269 e. The normalized spacial score (nSPS) is 15.5. The number of benzene rings is 1. The zero-order valence-corrected chi connectivity index (χ0v) is 12.7. The molecule has 0 aromatic heterocycles. The van der Waals surface area contributed by atoms with E-state index in [1.54, 1.807) is 23.1 Å². The molecule has 0 spiro atoms. The Morgan fingerprint density at radius 1 is 1.26 bits per heavy atom. The second-order valence-electron chi connectivity index (χ2n) is 5.26. The second-order valence-corrected chi connectivity index (χ2v) is 5.26. The Kier molecular flexibility index (Phi) is 5.83. The van der Waals surface area contributed by atoms with Gasteiger partial charge < -0.3 is 4.90 Å². The molecule has 0 atom stereocenters. The van der Waals surface area contributed by atoms with Gasteiger partial charge in [-0.05, 0) is 23.8 Å². The fourth-order valence-electron chi connectivity index (χ4n) is 2.38. The van der Waals surface area contributed by atoms with E-state index in [2.05, 4.69) is 11.0 Å². The van der Waals surface area contributed by atoms with Crippen molar-refractivity contribution in [3.05, 3.63) is 46.0 Å². The van der Waals surface area contributed by atoms with Crippen molar-refractivity contribution in [1.29, 1.82) is 5.26 Å². The summed E-state index contributed by atoms with van der Waals surface area (Å²) in [6, 6.07) is 8.18. The van der Waals surface area contributed by atoms with Gasteiger partial charge in [-0.2, -0.15) is 5.26 Å². The highest BCUT2D eigenvalue weighted by Gasteiger charge is 2.18. The van der Waals surface area contributed by atoms with Gasteiger partial charge in [-0.1, -0.05) is 0 Å². The number of nitro groups is 1. The number of rotatable bonds is 5. The lowest BCUT2D eigenvalue weighted by Crippen LogP contribution is -2.48. The van der Waals surface area contributed by atoms with Crippen LogP contribution in [0.15, 0.2) is 30.3 Å². The Morgan fingerprint density at radius 3 is 2.48 bits per heavy atom. The van der Waals surface area contributed by atoms with Crippen LogP contribution in [0.4, 0.5) is 5.69 Å². The van der Waals surface area contributed by atoms with Crippen LogP contribution < -0.4 is 0 Å². The molecule has 0 radical (unpaired) electrons. The fraction of sp³-hybridized carbons (Fsp3) is 0.375. The number of nitrogens with zero attached hydrogens (tertiary/aromatic N) is 4. The Hall–Kier alpha value is -2.72. The maximum absolute atomic E-state index is 12.1. The van der Waals surface area contributed by atoms with Gasteiger partial charge in [0.1, 0.15) is 0 Å². The minimum atomic E-state index is -0.454. The van der Waals surface area contributed by atoms with Crippen LogP contribution >= 0.6 is 0 Å².